The van der Waals surface area contributed by atoms with Crippen LogP contribution in [-0.4, -0.2) is 49.3 Å². The summed E-state index contributed by atoms with van der Waals surface area (Å²) in [5, 5.41) is 9.17. The van der Waals surface area contributed by atoms with E-state index in [-0.39, 0.29) is 19.2 Å². The fourth-order valence-corrected chi connectivity index (χ4v) is 2.48. The van der Waals surface area contributed by atoms with Gasteiger partial charge in [0.05, 0.1) is 26.3 Å². The molecule has 0 spiro atoms. The first kappa shape index (κ1) is 17.8. The lowest BCUT2D eigenvalue weighted by Gasteiger charge is -2.35. The smallest absolute Gasteiger partial charge is 0.251 e. The number of benzene rings is 1. The summed E-state index contributed by atoms with van der Waals surface area (Å²) in [6.07, 6.45) is -1.86. The maximum atomic E-state index is 12.8. The van der Waals surface area contributed by atoms with Crippen molar-refractivity contribution in [1.82, 2.24) is 4.90 Å². The normalized spacial score (nSPS) is 14.5. The van der Waals surface area contributed by atoms with Gasteiger partial charge in [-0.25, -0.2) is 8.78 Å². The van der Waals surface area contributed by atoms with Crippen molar-refractivity contribution in [3.8, 4) is 5.75 Å². The number of para-hydroxylation sites is 1. The molecule has 0 fully saturated rings. The van der Waals surface area contributed by atoms with E-state index in [4.69, 9.17) is 15.6 Å². The molecule has 1 rings (SSSR count). The number of methoxy groups -OCH3 is 1. The minimum Gasteiger partial charge on any atom is -0.496 e. The Hall–Kier alpha value is -1.24. The average molecular weight is 302 g/mol. The third-order valence-electron chi connectivity index (χ3n) is 3.49. The zero-order chi connectivity index (χ0) is 15.8. The van der Waals surface area contributed by atoms with Gasteiger partial charge in [0.25, 0.3) is 6.43 Å². The van der Waals surface area contributed by atoms with Crippen molar-refractivity contribution < 1.29 is 18.6 Å². The van der Waals surface area contributed by atoms with Crippen LogP contribution in [0, 0.1) is 0 Å². The summed E-state index contributed by atoms with van der Waals surface area (Å²) >= 11 is 0. The van der Waals surface area contributed by atoms with E-state index in [1.807, 2.05) is 25.1 Å². The van der Waals surface area contributed by atoms with Crippen LogP contribution in [0.3, 0.4) is 0 Å². The van der Waals surface area contributed by atoms with Crippen LogP contribution in [-0.2, 0) is 0 Å². The first-order chi connectivity index (χ1) is 10.0. The molecule has 0 radical (unpaired) electrons. The topological polar surface area (TPSA) is 58.7 Å². The standard InChI is InChI=1S/C15H24F2N2O2/c1-3-12(18)15(19(8-9-20)10-14(16)17)11-6-4-5-7-13(11)21-2/h4-7,12,14-15,20H,3,8-10,18H2,1-2H3. The van der Waals surface area contributed by atoms with Crippen LogP contribution >= 0.6 is 0 Å². The molecule has 0 heterocycles. The van der Waals surface area contributed by atoms with Gasteiger partial charge in [0.1, 0.15) is 5.75 Å². The maximum Gasteiger partial charge on any atom is 0.251 e. The van der Waals surface area contributed by atoms with Crippen LogP contribution in [0.4, 0.5) is 8.78 Å². The zero-order valence-electron chi connectivity index (χ0n) is 12.5. The lowest BCUT2D eigenvalue weighted by Crippen LogP contribution is -2.44. The highest BCUT2D eigenvalue weighted by atomic mass is 19.3. The van der Waals surface area contributed by atoms with Gasteiger partial charge in [-0.15, -0.1) is 0 Å². The Morgan fingerprint density at radius 2 is 2.00 bits per heavy atom. The average Bonchev–Trinajstić information content (AvgIpc) is 2.47. The van der Waals surface area contributed by atoms with E-state index >= 15 is 0 Å². The van der Waals surface area contributed by atoms with E-state index in [1.54, 1.807) is 6.07 Å². The minimum absolute atomic E-state index is 0.140. The van der Waals surface area contributed by atoms with E-state index in [2.05, 4.69) is 0 Å². The molecule has 120 valence electrons. The molecule has 0 aromatic heterocycles. The molecule has 21 heavy (non-hydrogen) atoms. The highest BCUT2D eigenvalue weighted by molar-refractivity contribution is 5.36. The summed E-state index contributed by atoms with van der Waals surface area (Å²) in [5.74, 6) is 0.614. The van der Waals surface area contributed by atoms with Crippen LogP contribution in [0.25, 0.3) is 0 Å². The third kappa shape index (κ3) is 4.91. The maximum absolute atomic E-state index is 12.8. The summed E-state index contributed by atoms with van der Waals surface area (Å²) in [4.78, 5) is 1.52. The Kier molecular flexibility index (Phi) is 7.56. The first-order valence-corrected chi connectivity index (χ1v) is 7.06. The van der Waals surface area contributed by atoms with Gasteiger partial charge in [-0.3, -0.25) is 4.90 Å². The van der Waals surface area contributed by atoms with Crippen LogP contribution in [0.5, 0.6) is 5.75 Å². The number of ether oxygens (including phenoxy) is 1. The lowest BCUT2D eigenvalue weighted by atomic mass is 9.95. The molecule has 6 heteroatoms. The summed E-state index contributed by atoms with van der Waals surface area (Å²) in [6.45, 7) is 1.42. The quantitative estimate of drug-likeness (QED) is 0.733. The summed E-state index contributed by atoms with van der Waals surface area (Å²) in [7, 11) is 1.54. The van der Waals surface area contributed by atoms with Crippen molar-refractivity contribution in [2.45, 2.75) is 31.9 Å². The van der Waals surface area contributed by atoms with E-state index < -0.39 is 19.0 Å². The Morgan fingerprint density at radius 1 is 1.33 bits per heavy atom. The summed E-state index contributed by atoms with van der Waals surface area (Å²) < 4.78 is 31.0. The van der Waals surface area contributed by atoms with Gasteiger partial charge in [0.2, 0.25) is 0 Å². The number of halogens is 2. The minimum atomic E-state index is -2.49. The zero-order valence-corrected chi connectivity index (χ0v) is 12.5. The largest absolute Gasteiger partial charge is 0.496 e. The number of aliphatic hydroxyl groups is 1. The molecule has 3 N–H and O–H groups in total. The Labute approximate surface area is 124 Å². The van der Waals surface area contributed by atoms with Crippen molar-refractivity contribution in [3.05, 3.63) is 29.8 Å². The van der Waals surface area contributed by atoms with Crippen molar-refractivity contribution in [2.24, 2.45) is 5.73 Å². The van der Waals surface area contributed by atoms with Crippen LogP contribution < -0.4 is 10.5 Å². The Morgan fingerprint density at radius 3 is 2.52 bits per heavy atom. The number of nitrogens with zero attached hydrogens (tertiary/aromatic N) is 1. The van der Waals surface area contributed by atoms with Crippen LogP contribution in [0.1, 0.15) is 24.9 Å². The number of nitrogens with two attached hydrogens (primary N) is 1. The molecule has 0 saturated heterocycles. The van der Waals surface area contributed by atoms with Gasteiger partial charge >= 0.3 is 0 Å². The second-order valence-corrected chi connectivity index (χ2v) is 4.87. The highest BCUT2D eigenvalue weighted by Gasteiger charge is 2.29. The van der Waals surface area contributed by atoms with E-state index in [1.165, 1.54) is 12.0 Å². The first-order valence-electron chi connectivity index (χ1n) is 7.06. The molecular weight excluding hydrogens is 278 g/mol. The summed E-state index contributed by atoms with van der Waals surface area (Å²) in [6, 6.07) is 6.51. The predicted molar refractivity (Wildman–Crippen MR) is 78.7 cm³/mol. The van der Waals surface area contributed by atoms with E-state index in [9.17, 15) is 8.78 Å². The molecule has 0 aliphatic carbocycles. The number of alkyl halides is 2. The van der Waals surface area contributed by atoms with Crippen molar-refractivity contribution in [1.29, 1.82) is 0 Å². The van der Waals surface area contributed by atoms with E-state index in [0.717, 1.165) is 5.56 Å². The highest BCUT2D eigenvalue weighted by Crippen LogP contribution is 2.32. The molecule has 1 aromatic carbocycles. The lowest BCUT2D eigenvalue weighted by molar-refractivity contribution is 0.0459. The second-order valence-electron chi connectivity index (χ2n) is 4.87. The molecule has 0 bridgehead atoms. The van der Waals surface area contributed by atoms with Crippen LogP contribution in [0.15, 0.2) is 24.3 Å². The predicted octanol–water partition coefficient (Wildman–Crippen LogP) is 2.03. The van der Waals surface area contributed by atoms with E-state index in [0.29, 0.717) is 12.2 Å². The third-order valence-corrected chi connectivity index (χ3v) is 3.49. The van der Waals surface area contributed by atoms with Crippen molar-refractivity contribution >= 4 is 0 Å². The van der Waals surface area contributed by atoms with Gasteiger partial charge in [-0.1, -0.05) is 25.1 Å². The molecule has 1 aromatic rings. The molecule has 2 unspecified atom stereocenters. The molecule has 0 saturated carbocycles. The van der Waals surface area contributed by atoms with Crippen molar-refractivity contribution in [2.75, 3.05) is 26.8 Å². The molecule has 0 amide bonds. The fraction of sp³-hybridized carbons (Fsp3) is 0.600. The van der Waals surface area contributed by atoms with Crippen molar-refractivity contribution in [3.63, 3.8) is 0 Å². The molecule has 0 aliphatic rings. The number of rotatable bonds is 9. The van der Waals surface area contributed by atoms with Gasteiger partial charge < -0.3 is 15.6 Å². The fourth-order valence-electron chi connectivity index (χ4n) is 2.48. The molecular formula is C15H24F2N2O2. The van der Waals surface area contributed by atoms with Gasteiger partial charge in [-0.2, -0.15) is 0 Å². The van der Waals surface area contributed by atoms with Gasteiger partial charge in [0.15, 0.2) is 0 Å². The second kappa shape index (κ2) is 8.92. The summed E-state index contributed by atoms with van der Waals surface area (Å²) in [5.41, 5.74) is 6.92. The monoisotopic (exact) mass is 302 g/mol. The molecule has 0 aliphatic heterocycles. The van der Waals surface area contributed by atoms with Gasteiger partial charge in [0, 0.05) is 18.2 Å². The Bertz CT molecular complexity index is 418. The molecule has 4 nitrogen and oxygen atoms in total. The molecule has 2 atom stereocenters. The van der Waals surface area contributed by atoms with Crippen LogP contribution in [0.2, 0.25) is 0 Å². The number of hydrogen-bond donors (Lipinski definition) is 2. The number of hydrogen-bond acceptors (Lipinski definition) is 4. The SMILES string of the molecule is CCC(N)C(c1ccccc1OC)N(CCO)CC(F)F. The van der Waals surface area contributed by atoms with Gasteiger partial charge in [-0.05, 0) is 12.5 Å². The Balaban J connectivity index is 3.18. The number of aliphatic hydroxyl groups excluding tert-OH is 1.